The lowest BCUT2D eigenvalue weighted by Crippen LogP contribution is -2.42. The zero-order chi connectivity index (χ0) is 20.4. The summed E-state index contributed by atoms with van der Waals surface area (Å²) in [5.74, 6) is -0.346. The van der Waals surface area contributed by atoms with E-state index in [4.69, 9.17) is 0 Å². The second kappa shape index (κ2) is 5.81. The van der Waals surface area contributed by atoms with E-state index in [0.29, 0.717) is 33.8 Å². The van der Waals surface area contributed by atoms with Crippen LogP contribution in [0, 0.1) is 0 Å². The van der Waals surface area contributed by atoms with Gasteiger partial charge in [0.2, 0.25) is 0 Å². The molecule has 7 heteroatoms. The minimum absolute atomic E-state index is 0.0894. The van der Waals surface area contributed by atoms with Crippen molar-refractivity contribution in [3.63, 3.8) is 0 Å². The standard InChI is InChI=1S/C22H17N3O4/c1-24-20-17(21(28)25(2)22(24)29)15(11-7-9-12(26)10-8-11)16-18(23-20)13-5-3-4-6-14(13)19(16)27/h3-10,15,23,26H,1-2H3/t15-/m1/s1. The zero-order valence-electron chi connectivity index (χ0n) is 15.8. The average molecular weight is 387 g/mol. The molecule has 3 aromatic rings. The highest BCUT2D eigenvalue weighted by molar-refractivity contribution is 6.23. The summed E-state index contributed by atoms with van der Waals surface area (Å²) in [5, 5.41) is 12.9. The number of aromatic hydroxyl groups is 1. The fourth-order valence-corrected chi connectivity index (χ4v) is 4.26. The Balaban J connectivity index is 1.89. The Labute approximate surface area is 165 Å². The van der Waals surface area contributed by atoms with Gasteiger partial charge in [-0.05, 0) is 17.7 Å². The molecule has 0 amide bonds. The highest BCUT2D eigenvalue weighted by Crippen LogP contribution is 2.47. The quantitative estimate of drug-likeness (QED) is 0.666. The highest BCUT2D eigenvalue weighted by Gasteiger charge is 2.42. The molecule has 1 aromatic heterocycles. The molecule has 0 spiro atoms. The van der Waals surface area contributed by atoms with Gasteiger partial charge in [-0.3, -0.25) is 18.7 Å². The van der Waals surface area contributed by atoms with Gasteiger partial charge < -0.3 is 10.4 Å². The molecule has 2 aromatic carbocycles. The van der Waals surface area contributed by atoms with Crippen LogP contribution in [0.25, 0.3) is 5.70 Å². The fourth-order valence-electron chi connectivity index (χ4n) is 4.26. The van der Waals surface area contributed by atoms with Crippen LogP contribution in [-0.2, 0) is 14.1 Å². The van der Waals surface area contributed by atoms with Crippen molar-refractivity contribution in [3.8, 4) is 5.75 Å². The van der Waals surface area contributed by atoms with Crippen LogP contribution in [0.2, 0.25) is 0 Å². The Kier molecular flexibility index (Phi) is 3.46. The number of rotatable bonds is 1. The molecule has 0 bridgehead atoms. The maximum Gasteiger partial charge on any atom is 0.332 e. The van der Waals surface area contributed by atoms with Gasteiger partial charge in [-0.1, -0.05) is 36.4 Å². The Hall–Kier alpha value is -3.87. The number of phenols is 1. The third kappa shape index (κ3) is 2.21. The van der Waals surface area contributed by atoms with Gasteiger partial charge in [-0.2, -0.15) is 0 Å². The van der Waals surface area contributed by atoms with Crippen molar-refractivity contribution in [2.75, 3.05) is 5.32 Å². The number of carbonyl (C=O) groups excluding carboxylic acids is 1. The van der Waals surface area contributed by atoms with Crippen molar-refractivity contribution in [1.82, 2.24) is 9.13 Å². The van der Waals surface area contributed by atoms with E-state index in [-0.39, 0.29) is 11.5 Å². The number of Topliss-reactive ketones (excluding diaryl/α,β-unsaturated/α-hetero) is 1. The molecule has 2 N–H and O–H groups in total. The maximum absolute atomic E-state index is 13.3. The lowest BCUT2D eigenvalue weighted by Gasteiger charge is -2.29. The molecule has 2 aliphatic rings. The minimum atomic E-state index is -0.660. The smallest absolute Gasteiger partial charge is 0.332 e. The minimum Gasteiger partial charge on any atom is -0.508 e. The normalized spacial score (nSPS) is 16.9. The zero-order valence-corrected chi connectivity index (χ0v) is 15.8. The van der Waals surface area contributed by atoms with E-state index in [9.17, 15) is 19.5 Å². The summed E-state index contributed by atoms with van der Waals surface area (Å²) in [5.41, 5.74) is 2.50. The summed E-state index contributed by atoms with van der Waals surface area (Å²) in [4.78, 5) is 39.0. The van der Waals surface area contributed by atoms with Gasteiger partial charge in [0, 0.05) is 36.7 Å². The third-order valence-corrected chi connectivity index (χ3v) is 5.70. The first-order chi connectivity index (χ1) is 13.9. The Morgan fingerprint density at radius 3 is 2.24 bits per heavy atom. The number of carbonyl (C=O) groups is 1. The number of fused-ring (bicyclic) bond motifs is 3. The van der Waals surface area contributed by atoms with Gasteiger partial charge in [0.1, 0.15) is 11.6 Å². The molecular formula is C22H17N3O4. The summed E-state index contributed by atoms with van der Waals surface area (Å²) < 4.78 is 2.44. The Morgan fingerprint density at radius 2 is 1.55 bits per heavy atom. The first-order valence-electron chi connectivity index (χ1n) is 9.14. The second-order valence-electron chi connectivity index (χ2n) is 7.28. The van der Waals surface area contributed by atoms with Gasteiger partial charge in [0.25, 0.3) is 5.56 Å². The van der Waals surface area contributed by atoms with Crippen LogP contribution in [0.15, 0.2) is 63.7 Å². The van der Waals surface area contributed by atoms with E-state index >= 15 is 0 Å². The van der Waals surface area contributed by atoms with Gasteiger partial charge >= 0.3 is 5.69 Å². The number of aromatic nitrogens is 2. The first-order valence-corrected chi connectivity index (χ1v) is 9.14. The van der Waals surface area contributed by atoms with Crippen LogP contribution >= 0.6 is 0 Å². The van der Waals surface area contributed by atoms with Crippen LogP contribution in [0.3, 0.4) is 0 Å². The lowest BCUT2D eigenvalue weighted by molar-refractivity contribution is 0.103. The number of nitrogens with one attached hydrogen (secondary N) is 1. The molecule has 1 atom stereocenters. The van der Waals surface area contributed by atoms with Crippen molar-refractivity contribution >= 4 is 17.3 Å². The van der Waals surface area contributed by atoms with E-state index in [1.54, 1.807) is 31.3 Å². The summed E-state index contributed by atoms with van der Waals surface area (Å²) in [6.07, 6.45) is 0. The molecule has 1 aliphatic heterocycles. The van der Waals surface area contributed by atoms with Crippen LogP contribution in [0.5, 0.6) is 5.75 Å². The van der Waals surface area contributed by atoms with Crippen LogP contribution in [-0.4, -0.2) is 20.0 Å². The number of hydrogen-bond acceptors (Lipinski definition) is 5. The molecule has 0 saturated carbocycles. The molecule has 7 nitrogen and oxygen atoms in total. The van der Waals surface area contributed by atoms with E-state index in [2.05, 4.69) is 5.32 Å². The van der Waals surface area contributed by atoms with Gasteiger partial charge in [-0.15, -0.1) is 0 Å². The van der Waals surface area contributed by atoms with E-state index in [1.165, 1.54) is 23.7 Å². The van der Waals surface area contributed by atoms with Crippen molar-refractivity contribution in [2.24, 2.45) is 14.1 Å². The first kappa shape index (κ1) is 17.2. The topological polar surface area (TPSA) is 93.3 Å². The predicted molar refractivity (Wildman–Crippen MR) is 108 cm³/mol. The number of phenolic OH excluding ortho intramolecular Hbond substituents is 1. The molecule has 0 radical (unpaired) electrons. The Morgan fingerprint density at radius 1 is 0.897 bits per heavy atom. The lowest BCUT2D eigenvalue weighted by atomic mass is 9.81. The number of benzene rings is 2. The predicted octanol–water partition coefficient (Wildman–Crippen LogP) is 1.95. The van der Waals surface area contributed by atoms with E-state index < -0.39 is 17.2 Å². The fraction of sp³-hybridized carbons (Fsp3) is 0.136. The van der Waals surface area contributed by atoms with Crippen molar-refractivity contribution in [3.05, 3.63) is 97.2 Å². The second-order valence-corrected chi connectivity index (χ2v) is 7.28. The molecule has 0 saturated heterocycles. The average Bonchev–Trinajstić information content (AvgIpc) is 3.02. The molecular weight excluding hydrogens is 370 g/mol. The van der Waals surface area contributed by atoms with Crippen molar-refractivity contribution in [1.29, 1.82) is 0 Å². The molecule has 29 heavy (non-hydrogen) atoms. The monoisotopic (exact) mass is 387 g/mol. The van der Waals surface area contributed by atoms with E-state index in [1.807, 2.05) is 12.1 Å². The molecule has 2 heterocycles. The molecule has 5 rings (SSSR count). The highest BCUT2D eigenvalue weighted by atomic mass is 16.3. The van der Waals surface area contributed by atoms with Crippen LogP contribution in [0.4, 0.5) is 5.82 Å². The summed E-state index contributed by atoms with van der Waals surface area (Å²) >= 11 is 0. The van der Waals surface area contributed by atoms with Gasteiger partial charge in [-0.25, -0.2) is 4.79 Å². The number of nitrogens with zero attached hydrogens (tertiary/aromatic N) is 2. The Bertz CT molecular complexity index is 1360. The number of anilines is 1. The third-order valence-electron chi connectivity index (χ3n) is 5.70. The number of allylic oxidation sites excluding steroid dienone is 1. The largest absolute Gasteiger partial charge is 0.508 e. The van der Waals surface area contributed by atoms with Crippen molar-refractivity contribution in [2.45, 2.75) is 5.92 Å². The number of hydrogen-bond donors (Lipinski definition) is 2. The van der Waals surface area contributed by atoms with Crippen molar-refractivity contribution < 1.29 is 9.90 Å². The van der Waals surface area contributed by atoms with Gasteiger partial charge in [0.05, 0.1) is 11.3 Å². The van der Waals surface area contributed by atoms with E-state index in [0.717, 1.165) is 10.1 Å². The summed E-state index contributed by atoms with van der Waals surface area (Å²) in [6.45, 7) is 0. The van der Waals surface area contributed by atoms with Gasteiger partial charge in [0.15, 0.2) is 5.78 Å². The molecule has 0 unspecified atom stereocenters. The summed E-state index contributed by atoms with van der Waals surface area (Å²) in [6, 6.07) is 13.7. The maximum atomic E-state index is 13.3. The van der Waals surface area contributed by atoms with Crippen LogP contribution in [0.1, 0.15) is 33.0 Å². The summed E-state index contributed by atoms with van der Waals surface area (Å²) in [7, 11) is 3.02. The van der Waals surface area contributed by atoms with Crippen LogP contribution < -0.4 is 16.6 Å². The SMILES string of the molecule is Cn1c2c(c(=O)n(C)c1=O)[C@H](c1ccc(O)cc1)C1=C(N2)c2ccccc2C1=O. The molecule has 0 fully saturated rings. The molecule has 1 aliphatic carbocycles. The number of ketones is 1. The molecule has 144 valence electrons.